The van der Waals surface area contributed by atoms with Gasteiger partial charge in [0.05, 0.1) is 27.3 Å². The van der Waals surface area contributed by atoms with Gasteiger partial charge >= 0.3 is 0 Å². The maximum absolute atomic E-state index is 5.23. The molecule has 0 N–H and O–H groups in total. The summed E-state index contributed by atoms with van der Waals surface area (Å²) in [6, 6.07) is 58.2. The zero-order valence-electron chi connectivity index (χ0n) is 27.3. The third kappa shape index (κ3) is 4.40. The predicted octanol–water partition coefficient (Wildman–Crippen LogP) is 13.0. The average Bonchev–Trinajstić information content (AvgIpc) is 3.60. The standard InChI is InChI=1S/C47H27N3S/c1-2-9-33(10-3-1)47-49-39(27-40(50-47)34-25-23-31-20-19-29-11-8-12-30-24-26-35(34)43(31)42(29)30)28-17-21-32(22-18-28)45-46-44(36-13-4-6-15-38(36)48-45)37-14-5-7-16-41(37)51-46/h1-27H. The summed E-state index contributed by atoms with van der Waals surface area (Å²) < 4.78 is 2.49. The van der Waals surface area contributed by atoms with Gasteiger partial charge in [0.15, 0.2) is 5.82 Å². The predicted molar refractivity (Wildman–Crippen MR) is 216 cm³/mol. The SMILES string of the molecule is c1ccc(-c2nc(-c3ccc(-c4nc5ccccc5c5c4sc4ccccc45)cc3)cc(-c3ccc4ccc5cccc6ccc3c4c56)n2)cc1. The van der Waals surface area contributed by atoms with E-state index in [1.807, 2.05) is 29.5 Å². The highest BCUT2D eigenvalue weighted by molar-refractivity contribution is 7.26. The number of benzene rings is 8. The summed E-state index contributed by atoms with van der Waals surface area (Å²) >= 11 is 1.82. The van der Waals surface area contributed by atoms with E-state index >= 15 is 0 Å². The van der Waals surface area contributed by atoms with Gasteiger partial charge in [-0.15, -0.1) is 11.3 Å². The Hall–Kier alpha value is -6.49. The molecule has 0 saturated carbocycles. The summed E-state index contributed by atoms with van der Waals surface area (Å²) in [5.41, 5.74) is 8.02. The first-order valence-electron chi connectivity index (χ1n) is 17.2. The Morgan fingerprint density at radius 3 is 1.90 bits per heavy atom. The number of thiophene rings is 1. The molecule has 0 fully saturated rings. The number of hydrogen-bond acceptors (Lipinski definition) is 4. The molecule has 11 aromatic rings. The van der Waals surface area contributed by atoms with Crippen molar-refractivity contribution in [2.24, 2.45) is 0 Å². The Morgan fingerprint density at radius 1 is 0.392 bits per heavy atom. The molecule has 0 aliphatic heterocycles. The van der Waals surface area contributed by atoms with Crippen LogP contribution in [-0.2, 0) is 0 Å². The topological polar surface area (TPSA) is 38.7 Å². The van der Waals surface area contributed by atoms with Crippen molar-refractivity contribution in [1.82, 2.24) is 15.0 Å². The summed E-state index contributed by atoms with van der Waals surface area (Å²) in [5.74, 6) is 0.709. The molecule has 4 heteroatoms. The molecule has 0 aliphatic rings. The number of nitrogens with zero attached hydrogens (tertiary/aromatic N) is 3. The fourth-order valence-corrected chi connectivity index (χ4v) is 9.06. The van der Waals surface area contributed by atoms with E-state index in [1.54, 1.807) is 0 Å². The van der Waals surface area contributed by atoms with E-state index in [0.717, 1.165) is 44.9 Å². The number of pyridine rings is 1. The summed E-state index contributed by atoms with van der Waals surface area (Å²) in [4.78, 5) is 15.6. The number of aromatic nitrogens is 3. The first-order valence-corrected chi connectivity index (χ1v) is 18.0. The van der Waals surface area contributed by atoms with Gasteiger partial charge in [-0.25, -0.2) is 15.0 Å². The molecule has 11 rings (SSSR count). The molecule has 3 aromatic heterocycles. The molecule has 0 atom stereocenters. The van der Waals surface area contributed by atoms with Gasteiger partial charge in [0.2, 0.25) is 0 Å². The molecule has 3 nitrogen and oxygen atoms in total. The van der Waals surface area contributed by atoms with Gasteiger partial charge in [-0.05, 0) is 50.5 Å². The smallest absolute Gasteiger partial charge is 0.160 e. The molecule has 0 unspecified atom stereocenters. The molecule has 0 aliphatic carbocycles. The van der Waals surface area contributed by atoms with Crippen LogP contribution in [-0.4, -0.2) is 15.0 Å². The van der Waals surface area contributed by atoms with Gasteiger partial charge in [0.25, 0.3) is 0 Å². The lowest BCUT2D eigenvalue weighted by atomic mass is 9.91. The van der Waals surface area contributed by atoms with E-state index in [1.165, 1.54) is 57.9 Å². The van der Waals surface area contributed by atoms with Crippen LogP contribution in [0.5, 0.6) is 0 Å². The quantitative estimate of drug-likeness (QED) is 0.176. The highest BCUT2D eigenvalue weighted by Gasteiger charge is 2.18. The Morgan fingerprint density at radius 2 is 1.06 bits per heavy atom. The van der Waals surface area contributed by atoms with E-state index in [4.69, 9.17) is 15.0 Å². The van der Waals surface area contributed by atoms with E-state index in [0.29, 0.717) is 5.82 Å². The van der Waals surface area contributed by atoms with Crippen molar-refractivity contribution in [2.75, 3.05) is 0 Å². The van der Waals surface area contributed by atoms with Crippen LogP contribution in [0.25, 0.3) is 109 Å². The zero-order chi connectivity index (χ0) is 33.5. The molecule has 0 amide bonds. The molecule has 8 aromatic carbocycles. The van der Waals surface area contributed by atoms with Crippen LogP contribution in [0.15, 0.2) is 164 Å². The van der Waals surface area contributed by atoms with Crippen LogP contribution in [0, 0.1) is 0 Å². The summed E-state index contributed by atoms with van der Waals surface area (Å²) in [5, 5.41) is 11.3. The van der Waals surface area contributed by atoms with Gasteiger partial charge in [0, 0.05) is 43.1 Å². The molecule has 236 valence electrons. The lowest BCUT2D eigenvalue weighted by Gasteiger charge is -2.15. The summed E-state index contributed by atoms with van der Waals surface area (Å²) in [6.07, 6.45) is 0. The second kappa shape index (κ2) is 11.0. The van der Waals surface area contributed by atoms with Crippen molar-refractivity contribution in [3.63, 3.8) is 0 Å². The minimum Gasteiger partial charge on any atom is -0.246 e. The largest absolute Gasteiger partial charge is 0.246 e. The number of rotatable bonds is 4. The van der Waals surface area contributed by atoms with Gasteiger partial charge in [-0.1, -0.05) is 146 Å². The van der Waals surface area contributed by atoms with Crippen molar-refractivity contribution < 1.29 is 0 Å². The van der Waals surface area contributed by atoms with Crippen molar-refractivity contribution in [3.8, 4) is 45.2 Å². The van der Waals surface area contributed by atoms with Gasteiger partial charge in [-0.3, -0.25) is 0 Å². The fourth-order valence-electron chi connectivity index (χ4n) is 7.84. The molecule has 0 radical (unpaired) electrons. The first-order chi connectivity index (χ1) is 25.3. The summed E-state index contributed by atoms with van der Waals surface area (Å²) in [7, 11) is 0. The zero-order valence-corrected chi connectivity index (χ0v) is 28.2. The first kappa shape index (κ1) is 28.4. The second-order valence-electron chi connectivity index (χ2n) is 13.2. The van der Waals surface area contributed by atoms with E-state index in [9.17, 15) is 0 Å². The number of para-hydroxylation sites is 1. The molecular weight excluding hydrogens is 639 g/mol. The lowest BCUT2D eigenvalue weighted by Crippen LogP contribution is -1.97. The maximum Gasteiger partial charge on any atom is 0.160 e. The molecule has 0 saturated heterocycles. The monoisotopic (exact) mass is 665 g/mol. The average molecular weight is 666 g/mol. The molecular formula is C47H27N3S. The lowest BCUT2D eigenvalue weighted by molar-refractivity contribution is 1.18. The van der Waals surface area contributed by atoms with Crippen LogP contribution < -0.4 is 0 Å². The van der Waals surface area contributed by atoms with Gasteiger partial charge < -0.3 is 0 Å². The van der Waals surface area contributed by atoms with E-state index in [2.05, 4.69) is 146 Å². The molecule has 0 spiro atoms. The Kier molecular flexibility index (Phi) is 6.12. The maximum atomic E-state index is 5.23. The third-order valence-electron chi connectivity index (χ3n) is 10.2. The van der Waals surface area contributed by atoms with E-state index < -0.39 is 0 Å². The Balaban J connectivity index is 1.09. The van der Waals surface area contributed by atoms with Crippen molar-refractivity contribution in [2.45, 2.75) is 0 Å². The van der Waals surface area contributed by atoms with Crippen molar-refractivity contribution in [3.05, 3.63) is 164 Å². The fraction of sp³-hybridized carbons (Fsp3) is 0. The van der Waals surface area contributed by atoms with E-state index in [-0.39, 0.29) is 0 Å². The minimum absolute atomic E-state index is 0.709. The second-order valence-corrected chi connectivity index (χ2v) is 14.2. The normalized spacial score (nSPS) is 11.9. The van der Waals surface area contributed by atoms with Gasteiger partial charge in [-0.2, -0.15) is 0 Å². The highest BCUT2D eigenvalue weighted by Crippen LogP contribution is 2.43. The Labute approximate surface area is 297 Å². The molecule has 51 heavy (non-hydrogen) atoms. The number of hydrogen-bond donors (Lipinski definition) is 0. The van der Waals surface area contributed by atoms with Crippen LogP contribution in [0.1, 0.15) is 0 Å². The van der Waals surface area contributed by atoms with Crippen LogP contribution in [0.4, 0.5) is 0 Å². The Bertz CT molecular complexity index is 3110. The summed E-state index contributed by atoms with van der Waals surface area (Å²) in [6.45, 7) is 0. The van der Waals surface area contributed by atoms with Crippen LogP contribution >= 0.6 is 11.3 Å². The van der Waals surface area contributed by atoms with Crippen molar-refractivity contribution >= 4 is 74.7 Å². The van der Waals surface area contributed by atoms with Crippen LogP contribution in [0.3, 0.4) is 0 Å². The van der Waals surface area contributed by atoms with Crippen LogP contribution in [0.2, 0.25) is 0 Å². The minimum atomic E-state index is 0.709. The van der Waals surface area contributed by atoms with Crippen molar-refractivity contribution in [1.29, 1.82) is 0 Å². The van der Waals surface area contributed by atoms with Gasteiger partial charge in [0.1, 0.15) is 0 Å². The third-order valence-corrected chi connectivity index (χ3v) is 11.4. The molecule has 0 bridgehead atoms. The molecule has 3 heterocycles. The number of fused-ring (bicyclic) bond motifs is 5. The highest BCUT2D eigenvalue weighted by atomic mass is 32.1.